The molecule has 1 aromatic heterocycles. The SMILES string of the molecule is O=C(c1c(Nc2ccc(N3CCNCC3)cc2)nc[nH]c1=O)N1CC(F)(F)C1. The van der Waals surface area contributed by atoms with Crippen LogP contribution in [-0.4, -0.2) is 66.0 Å². The second-order valence-electron chi connectivity index (χ2n) is 6.88. The summed E-state index contributed by atoms with van der Waals surface area (Å²) in [5, 5.41) is 6.25. The third-order valence-corrected chi connectivity index (χ3v) is 4.81. The molecule has 0 saturated carbocycles. The van der Waals surface area contributed by atoms with E-state index in [0.717, 1.165) is 36.8 Å². The molecule has 3 heterocycles. The maximum atomic E-state index is 13.1. The van der Waals surface area contributed by atoms with Crippen molar-refractivity contribution < 1.29 is 13.6 Å². The minimum Gasteiger partial charge on any atom is -0.369 e. The lowest BCUT2D eigenvalue weighted by Gasteiger charge is -2.38. The third kappa shape index (κ3) is 3.68. The Hall–Kier alpha value is -3.01. The lowest BCUT2D eigenvalue weighted by Crippen LogP contribution is -2.59. The number of likely N-dealkylation sites (tertiary alicyclic amines) is 1. The summed E-state index contributed by atoms with van der Waals surface area (Å²) in [5.74, 6) is -3.63. The predicted octanol–water partition coefficient (Wildman–Crippen LogP) is 1.01. The van der Waals surface area contributed by atoms with Crippen molar-refractivity contribution in [1.29, 1.82) is 0 Å². The van der Waals surface area contributed by atoms with Crippen LogP contribution < -0.4 is 21.1 Å². The Morgan fingerprint density at radius 1 is 1.14 bits per heavy atom. The number of piperazine rings is 1. The molecule has 0 spiro atoms. The van der Waals surface area contributed by atoms with E-state index in [4.69, 9.17) is 0 Å². The van der Waals surface area contributed by atoms with Crippen molar-refractivity contribution in [2.24, 2.45) is 0 Å². The quantitative estimate of drug-likeness (QED) is 0.722. The van der Waals surface area contributed by atoms with Crippen molar-refractivity contribution in [2.75, 3.05) is 49.5 Å². The fourth-order valence-electron chi connectivity index (χ4n) is 3.32. The van der Waals surface area contributed by atoms with Crippen LogP contribution in [0.5, 0.6) is 0 Å². The summed E-state index contributed by atoms with van der Waals surface area (Å²) in [5.41, 5.74) is 0.768. The molecule has 1 amide bonds. The molecule has 28 heavy (non-hydrogen) atoms. The Balaban J connectivity index is 1.53. The van der Waals surface area contributed by atoms with E-state index in [0.29, 0.717) is 5.69 Å². The Morgan fingerprint density at radius 2 is 1.82 bits per heavy atom. The Bertz CT molecular complexity index is 916. The monoisotopic (exact) mass is 390 g/mol. The first-order valence-corrected chi connectivity index (χ1v) is 9.00. The minimum absolute atomic E-state index is 0.0406. The number of alkyl halides is 2. The molecule has 0 aliphatic carbocycles. The van der Waals surface area contributed by atoms with Gasteiger partial charge in [0.2, 0.25) is 0 Å². The molecular weight excluding hydrogens is 370 g/mol. The minimum atomic E-state index is -2.90. The molecule has 148 valence electrons. The molecular formula is C18H20F2N6O2. The first-order valence-electron chi connectivity index (χ1n) is 9.00. The van der Waals surface area contributed by atoms with Crippen LogP contribution in [0.4, 0.5) is 26.0 Å². The molecule has 0 bridgehead atoms. The van der Waals surface area contributed by atoms with Crippen LogP contribution in [0, 0.1) is 0 Å². The van der Waals surface area contributed by atoms with Crippen molar-refractivity contribution in [3.8, 4) is 0 Å². The molecule has 8 nitrogen and oxygen atoms in total. The van der Waals surface area contributed by atoms with E-state index in [1.807, 2.05) is 24.3 Å². The summed E-state index contributed by atoms with van der Waals surface area (Å²) >= 11 is 0. The molecule has 4 rings (SSSR count). The molecule has 2 aliphatic heterocycles. The number of amides is 1. The summed E-state index contributed by atoms with van der Waals surface area (Å²) < 4.78 is 26.2. The number of aromatic amines is 1. The molecule has 2 aromatic rings. The van der Waals surface area contributed by atoms with Gasteiger partial charge in [0.1, 0.15) is 5.56 Å². The van der Waals surface area contributed by atoms with Crippen molar-refractivity contribution in [3.63, 3.8) is 0 Å². The highest BCUT2D eigenvalue weighted by Gasteiger charge is 2.47. The molecule has 10 heteroatoms. The summed E-state index contributed by atoms with van der Waals surface area (Å²) in [6, 6.07) is 7.54. The lowest BCUT2D eigenvalue weighted by atomic mass is 10.1. The zero-order valence-corrected chi connectivity index (χ0v) is 15.0. The van der Waals surface area contributed by atoms with E-state index in [2.05, 4.69) is 25.5 Å². The first kappa shape index (κ1) is 18.4. The highest BCUT2D eigenvalue weighted by molar-refractivity contribution is 5.99. The largest absolute Gasteiger partial charge is 0.369 e. The Kier molecular flexibility index (Phi) is 4.71. The molecule has 0 unspecified atom stereocenters. The lowest BCUT2D eigenvalue weighted by molar-refractivity contribution is -0.113. The molecule has 2 fully saturated rings. The number of nitrogens with one attached hydrogen (secondary N) is 3. The van der Waals surface area contributed by atoms with Gasteiger partial charge in [0.05, 0.1) is 19.4 Å². The summed E-state index contributed by atoms with van der Waals surface area (Å²) in [6.07, 6.45) is 1.17. The molecule has 1 aromatic carbocycles. The maximum absolute atomic E-state index is 13.1. The van der Waals surface area contributed by atoms with Gasteiger partial charge in [-0.05, 0) is 24.3 Å². The highest BCUT2D eigenvalue weighted by atomic mass is 19.3. The standard InChI is InChI=1S/C18H20F2N6O2/c19-18(20)9-26(10-18)17(28)14-15(22-11-23-16(14)27)24-12-1-3-13(4-2-12)25-7-5-21-6-8-25/h1-4,11,21H,5-10H2,(H2,22,23,24,27). The van der Waals surface area contributed by atoms with Gasteiger partial charge >= 0.3 is 0 Å². The number of rotatable bonds is 4. The number of hydrogen-bond donors (Lipinski definition) is 3. The van der Waals surface area contributed by atoms with E-state index in [-0.39, 0.29) is 11.4 Å². The number of carbonyl (C=O) groups is 1. The zero-order chi connectivity index (χ0) is 19.7. The first-order chi connectivity index (χ1) is 13.4. The van der Waals surface area contributed by atoms with Crippen molar-refractivity contribution in [3.05, 3.63) is 46.5 Å². The van der Waals surface area contributed by atoms with Crippen LogP contribution in [0.15, 0.2) is 35.4 Å². The van der Waals surface area contributed by atoms with Crippen LogP contribution in [-0.2, 0) is 0 Å². The number of carbonyl (C=O) groups excluding carboxylic acids is 1. The van der Waals surface area contributed by atoms with Crippen LogP contribution in [0.1, 0.15) is 10.4 Å². The smallest absolute Gasteiger partial charge is 0.282 e. The topological polar surface area (TPSA) is 93.4 Å². The third-order valence-electron chi connectivity index (χ3n) is 4.81. The van der Waals surface area contributed by atoms with Crippen molar-refractivity contribution in [2.45, 2.75) is 5.92 Å². The van der Waals surface area contributed by atoms with Crippen LogP contribution in [0.3, 0.4) is 0 Å². The highest BCUT2D eigenvalue weighted by Crippen LogP contribution is 2.29. The normalized spacial score (nSPS) is 18.5. The number of halogens is 2. The number of nitrogens with zero attached hydrogens (tertiary/aromatic N) is 3. The van der Waals surface area contributed by atoms with E-state index in [9.17, 15) is 18.4 Å². The summed E-state index contributed by atoms with van der Waals surface area (Å²) in [4.78, 5) is 34.2. The van der Waals surface area contributed by atoms with Crippen LogP contribution in [0.25, 0.3) is 0 Å². The van der Waals surface area contributed by atoms with Gasteiger partial charge in [-0.3, -0.25) is 9.59 Å². The average molecular weight is 390 g/mol. The Labute approximate surface area is 159 Å². The molecule has 0 atom stereocenters. The number of anilines is 3. The number of benzene rings is 1. The predicted molar refractivity (Wildman–Crippen MR) is 101 cm³/mol. The molecule has 2 saturated heterocycles. The van der Waals surface area contributed by atoms with E-state index < -0.39 is 30.5 Å². The number of hydrogen-bond acceptors (Lipinski definition) is 6. The zero-order valence-electron chi connectivity index (χ0n) is 15.0. The number of H-pyrrole nitrogens is 1. The van der Waals surface area contributed by atoms with E-state index >= 15 is 0 Å². The van der Waals surface area contributed by atoms with Gasteiger partial charge < -0.3 is 25.4 Å². The van der Waals surface area contributed by atoms with Crippen molar-refractivity contribution in [1.82, 2.24) is 20.2 Å². The van der Waals surface area contributed by atoms with Gasteiger partial charge in [-0.1, -0.05) is 0 Å². The van der Waals surface area contributed by atoms with Crippen LogP contribution >= 0.6 is 0 Å². The Morgan fingerprint density at radius 3 is 2.46 bits per heavy atom. The fraction of sp³-hybridized carbons (Fsp3) is 0.389. The van der Waals surface area contributed by atoms with Gasteiger partial charge in [0.15, 0.2) is 5.82 Å². The van der Waals surface area contributed by atoms with Gasteiger partial charge in [0.25, 0.3) is 17.4 Å². The van der Waals surface area contributed by atoms with Gasteiger partial charge in [-0.15, -0.1) is 0 Å². The van der Waals surface area contributed by atoms with E-state index in [1.165, 1.54) is 6.33 Å². The maximum Gasteiger partial charge on any atom is 0.282 e. The van der Waals surface area contributed by atoms with E-state index in [1.54, 1.807) is 0 Å². The average Bonchev–Trinajstić information content (AvgIpc) is 2.67. The fourth-order valence-corrected chi connectivity index (χ4v) is 3.32. The van der Waals surface area contributed by atoms with Crippen molar-refractivity contribution >= 4 is 23.1 Å². The molecule has 3 N–H and O–H groups in total. The summed E-state index contributed by atoms with van der Waals surface area (Å²) in [7, 11) is 0. The van der Waals surface area contributed by atoms with Gasteiger partial charge in [-0.25, -0.2) is 13.8 Å². The van der Waals surface area contributed by atoms with Crippen LogP contribution in [0.2, 0.25) is 0 Å². The second-order valence-corrected chi connectivity index (χ2v) is 6.88. The summed E-state index contributed by atoms with van der Waals surface area (Å²) in [6.45, 7) is 2.30. The van der Waals surface area contributed by atoms with Gasteiger partial charge in [-0.2, -0.15) is 0 Å². The van der Waals surface area contributed by atoms with Gasteiger partial charge in [0, 0.05) is 37.6 Å². The second kappa shape index (κ2) is 7.19. The molecule has 0 radical (unpaired) electrons. The number of aromatic nitrogens is 2. The molecule has 2 aliphatic rings.